The number of nitro benzene ring substituents is 1. The Morgan fingerprint density at radius 2 is 2.00 bits per heavy atom. The fraction of sp³-hybridized carbons (Fsp3) is 0.500. The van der Waals surface area contributed by atoms with Crippen LogP contribution in [0.4, 0.5) is 11.4 Å². The van der Waals surface area contributed by atoms with E-state index in [1.54, 1.807) is 12.1 Å². The number of nitrogens with zero attached hydrogens (tertiary/aromatic N) is 1. The van der Waals surface area contributed by atoms with Gasteiger partial charge in [0.2, 0.25) is 0 Å². The smallest absolute Gasteiger partial charge is 0.292 e. The summed E-state index contributed by atoms with van der Waals surface area (Å²) in [5.74, 6) is 0. The lowest BCUT2D eigenvalue weighted by Gasteiger charge is -2.16. The Labute approximate surface area is 95.8 Å². The van der Waals surface area contributed by atoms with E-state index in [0.29, 0.717) is 11.7 Å². The maximum Gasteiger partial charge on any atom is 0.292 e. The minimum Gasteiger partial charge on any atom is -0.377 e. The molecule has 4 nitrogen and oxygen atoms in total. The van der Waals surface area contributed by atoms with Crippen molar-refractivity contribution in [1.29, 1.82) is 0 Å². The molecule has 1 N–H and O–H groups in total. The quantitative estimate of drug-likeness (QED) is 0.612. The molecule has 0 spiro atoms. The summed E-state index contributed by atoms with van der Waals surface area (Å²) < 4.78 is 0. The highest BCUT2D eigenvalue weighted by Crippen LogP contribution is 2.26. The molecule has 0 bridgehead atoms. The van der Waals surface area contributed by atoms with Crippen LogP contribution in [0.5, 0.6) is 0 Å². The van der Waals surface area contributed by atoms with Gasteiger partial charge < -0.3 is 5.32 Å². The number of rotatable bonds is 5. The molecule has 1 aromatic rings. The molecule has 88 valence electrons. The first-order chi connectivity index (χ1) is 7.58. The van der Waals surface area contributed by atoms with E-state index in [1.165, 1.54) is 0 Å². The number of hydrogen-bond acceptors (Lipinski definition) is 3. The molecule has 0 heterocycles. The summed E-state index contributed by atoms with van der Waals surface area (Å²) in [5, 5.41) is 14.1. The molecule has 1 aromatic carbocycles. The molecule has 0 aliphatic carbocycles. The average molecular weight is 222 g/mol. The Balaban J connectivity index is 3.00. The Morgan fingerprint density at radius 3 is 2.50 bits per heavy atom. The number of anilines is 1. The van der Waals surface area contributed by atoms with Gasteiger partial charge >= 0.3 is 0 Å². The standard InChI is InChI=1S/C12H18N2O2/c1-4-10(5-2)13-11-8-9(3)6-7-12(11)14(15)16/h6-8,10,13H,4-5H2,1-3H3. The van der Waals surface area contributed by atoms with Crippen molar-refractivity contribution in [3.8, 4) is 0 Å². The van der Waals surface area contributed by atoms with Crippen LogP contribution in [-0.2, 0) is 0 Å². The maximum absolute atomic E-state index is 10.9. The topological polar surface area (TPSA) is 55.2 Å². The highest BCUT2D eigenvalue weighted by atomic mass is 16.6. The normalized spacial score (nSPS) is 10.5. The minimum atomic E-state index is -0.343. The third kappa shape index (κ3) is 2.95. The van der Waals surface area contributed by atoms with E-state index in [9.17, 15) is 10.1 Å². The van der Waals surface area contributed by atoms with E-state index < -0.39 is 0 Å². The van der Waals surface area contributed by atoms with Gasteiger partial charge in [0.05, 0.1) is 4.92 Å². The molecule has 0 saturated carbocycles. The summed E-state index contributed by atoms with van der Waals surface area (Å²) in [6.45, 7) is 6.08. The Bertz CT molecular complexity index is 373. The summed E-state index contributed by atoms with van der Waals surface area (Å²) in [6, 6.07) is 5.44. The first-order valence-corrected chi connectivity index (χ1v) is 5.60. The van der Waals surface area contributed by atoms with Crippen LogP contribution in [0.1, 0.15) is 32.3 Å². The minimum absolute atomic E-state index is 0.150. The van der Waals surface area contributed by atoms with Gasteiger partial charge in [-0.1, -0.05) is 19.9 Å². The Hall–Kier alpha value is -1.58. The third-order valence-electron chi connectivity index (χ3n) is 2.69. The predicted molar refractivity (Wildman–Crippen MR) is 65.8 cm³/mol. The summed E-state index contributed by atoms with van der Waals surface area (Å²) in [7, 11) is 0. The van der Waals surface area contributed by atoms with Gasteiger partial charge in [0, 0.05) is 12.1 Å². The summed E-state index contributed by atoms with van der Waals surface area (Å²) in [4.78, 5) is 10.5. The Morgan fingerprint density at radius 1 is 1.38 bits per heavy atom. The van der Waals surface area contributed by atoms with Gasteiger partial charge in [0.25, 0.3) is 5.69 Å². The van der Waals surface area contributed by atoms with E-state index >= 15 is 0 Å². The average Bonchev–Trinajstić information content (AvgIpc) is 2.25. The first kappa shape index (κ1) is 12.5. The molecule has 0 amide bonds. The summed E-state index contributed by atoms with van der Waals surface area (Å²) in [5.41, 5.74) is 1.80. The molecule has 0 aromatic heterocycles. The molecule has 4 heteroatoms. The van der Waals surface area contributed by atoms with E-state index in [2.05, 4.69) is 19.2 Å². The molecule has 0 unspecified atom stereocenters. The lowest BCUT2D eigenvalue weighted by atomic mass is 10.1. The SMILES string of the molecule is CCC(CC)Nc1cc(C)ccc1[N+](=O)[O-]. The zero-order chi connectivity index (χ0) is 12.1. The van der Waals surface area contributed by atoms with Crippen molar-refractivity contribution in [2.45, 2.75) is 39.7 Å². The fourth-order valence-electron chi connectivity index (χ4n) is 1.64. The second-order valence-corrected chi connectivity index (χ2v) is 3.94. The molecule has 0 saturated heterocycles. The van der Waals surface area contributed by atoms with Crippen LogP contribution in [0, 0.1) is 17.0 Å². The largest absolute Gasteiger partial charge is 0.377 e. The molecular weight excluding hydrogens is 204 g/mol. The number of nitro groups is 1. The van der Waals surface area contributed by atoms with Gasteiger partial charge in [-0.3, -0.25) is 10.1 Å². The van der Waals surface area contributed by atoms with Crippen LogP contribution in [-0.4, -0.2) is 11.0 Å². The van der Waals surface area contributed by atoms with Crippen molar-refractivity contribution in [2.24, 2.45) is 0 Å². The molecule has 0 aliphatic heterocycles. The van der Waals surface area contributed by atoms with Gasteiger partial charge in [0.1, 0.15) is 5.69 Å². The molecule has 16 heavy (non-hydrogen) atoms. The molecule has 0 fully saturated rings. The predicted octanol–water partition coefficient (Wildman–Crippen LogP) is 3.50. The number of nitrogens with one attached hydrogen (secondary N) is 1. The van der Waals surface area contributed by atoms with E-state index in [4.69, 9.17) is 0 Å². The fourth-order valence-corrected chi connectivity index (χ4v) is 1.64. The van der Waals surface area contributed by atoms with Gasteiger partial charge in [-0.25, -0.2) is 0 Å². The zero-order valence-electron chi connectivity index (χ0n) is 9.99. The summed E-state index contributed by atoms with van der Waals surface area (Å²) >= 11 is 0. The van der Waals surface area contributed by atoms with Crippen molar-refractivity contribution in [1.82, 2.24) is 0 Å². The van der Waals surface area contributed by atoms with Crippen LogP contribution < -0.4 is 5.32 Å². The lowest BCUT2D eigenvalue weighted by Crippen LogP contribution is -2.17. The van der Waals surface area contributed by atoms with Crippen molar-refractivity contribution >= 4 is 11.4 Å². The summed E-state index contributed by atoms with van der Waals surface area (Å²) in [6.07, 6.45) is 1.92. The lowest BCUT2D eigenvalue weighted by molar-refractivity contribution is -0.384. The third-order valence-corrected chi connectivity index (χ3v) is 2.69. The van der Waals surface area contributed by atoms with Crippen molar-refractivity contribution in [2.75, 3.05) is 5.32 Å². The van der Waals surface area contributed by atoms with Crippen LogP contribution in [0.3, 0.4) is 0 Å². The number of hydrogen-bond donors (Lipinski definition) is 1. The van der Waals surface area contributed by atoms with Crippen LogP contribution in [0.2, 0.25) is 0 Å². The van der Waals surface area contributed by atoms with Crippen molar-refractivity contribution in [3.63, 3.8) is 0 Å². The van der Waals surface area contributed by atoms with Gasteiger partial charge in [-0.2, -0.15) is 0 Å². The molecule has 0 radical (unpaired) electrons. The second kappa shape index (κ2) is 5.49. The maximum atomic E-state index is 10.9. The van der Waals surface area contributed by atoms with E-state index in [-0.39, 0.29) is 10.6 Å². The van der Waals surface area contributed by atoms with Crippen molar-refractivity contribution in [3.05, 3.63) is 33.9 Å². The van der Waals surface area contributed by atoms with Crippen molar-refractivity contribution < 1.29 is 4.92 Å². The molecular formula is C12H18N2O2. The highest BCUT2D eigenvalue weighted by molar-refractivity contribution is 5.63. The first-order valence-electron chi connectivity index (χ1n) is 5.60. The van der Waals surface area contributed by atoms with Crippen LogP contribution >= 0.6 is 0 Å². The van der Waals surface area contributed by atoms with E-state index in [1.807, 2.05) is 13.0 Å². The van der Waals surface area contributed by atoms with Gasteiger partial charge in [-0.05, 0) is 31.4 Å². The second-order valence-electron chi connectivity index (χ2n) is 3.94. The van der Waals surface area contributed by atoms with Gasteiger partial charge in [0.15, 0.2) is 0 Å². The van der Waals surface area contributed by atoms with Crippen LogP contribution in [0.15, 0.2) is 18.2 Å². The molecule has 0 aliphatic rings. The van der Waals surface area contributed by atoms with Gasteiger partial charge in [-0.15, -0.1) is 0 Å². The zero-order valence-corrected chi connectivity index (χ0v) is 9.99. The van der Waals surface area contributed by atoms with E-state index in [0.717, 1.165) is 18.4 Å². The molecule has 0 atom stereocenters. The molecule has 1 rings (SSSR count). The Kier molecular flexibility index (Phi) is 4.28. The number of aryl methyl sites for hydroxylation is 1. The highest BCUT2D eigenvalue weighted by Gasteiger charge is 2.15. The number of benzene rings is 1. The monoisotopic (exact) mass is 222 g/mol. The van der Waals surface area contributed by atoms with Crippen LogP contribution in [0.25, 0.3) is 0 Å².